The molecule has 0 aliphatic carbocycles. The molecular formula is C8H11N3. The molecule has 0 saturated heterocycles. The highest BCUT2D eigenvalue weighted by molar-refractivity contribution is 5.65. The minimum absolute atomic E-state index is 0.955. The highest BCUT2D eigenvalue weighted by atomic mass is 15.2. The molecule has 1 aliphatic rings. The van der Waals surface area contributed by atoms with Gasteiger partial charge in [-0.05, 0) is 11.6 Å². The lowest BCUT2D eigenvalue weighted by atomic mass is 10.2. The summed E-state index contributed by atoms with van der Waals surface area (Å²) in [4.78, 5) is 0. The van der Waals surface area contributed by atoms with Crippen LogP contribution in [0.3, 0.4) is 0 Å². The molecule has 0 spiro atoms. The van der Waals surface area contributed by atoms with Gasteiger partial charge in [0, 0.05) is 26.3 Å². The second kappa shape index (κ2) is 2.51. The summed E-state index contributed by atoms with van der Waals surface area (Å²) in [5.41, 5.74) is 2.41. The van der Waals surface area contributed by atoms with Crippen molar-refractivity contribution in [2.24, 2.45) is 7.05 Å². The first-order valence-corrected chi connectivity index (χ1v) is 3.76. The van der Waals surface area contributed by atoms with E-state index < -0.39 is 0 Å². The van der Waals surface area contributed by atoms with Crippen LogP contribution in [0.4, 0.5) is 0 Å². The van der Waals surface area contributed by atoms with Gasteiger partial charge in [-0.3, -0.25) is 4.68 Å². The maximum atomic E-state index is 4.30. The molecule has 2 rings (SSSR count). The molecule has 3 heteroatoms. The van der Waals surface area contributed by atoms with Crippen molar-refractivity contribution < 1.29 is 0 Å². The zero-order valence-corrected chi connectivity index (χ0v) is 6.54. The molecule has 0 aromatic carbocycles. The van der Waals surface area contributed by atoms with Crippen LogP contribution in [-0.4, -0.2) is 22.9 Å². The average molecular weight is 149 g/mol. The summed E-state index contributed by atoms with van der Waals surface area (Å²) < 4.78 is 1.83. The van der Waals surface area contributed by atoms with Crippen LogP contribution in [0.25, 0.3) is 5.57 Å². The monoisotopic (exact) mass is 149 g/mol. The Morgan fingerprint density at radius 1 is 1.64 bits per heavy atom. The maximum Gasteiger partial charge on any atom is 0.0892 e. The minimum Gasteiger partial charge on any atom is -0.309 e. The molecule has 1 N–H and O–H groups in total. The topological polar surface area (TPSA) is 29.9 Å². The van der Waals surface area contributed by atoms with Gasteiger partial charge in [-0.15, -0.1) is 0 Å². The highest BCUT2D eigenvalue weighted by Crippen LogP contribution is 2.12. The first kappa shape index (κ1) is 6.61. The Labute approximate surface area is 65.7 Å². The molecule has 0 fully saturated rings. The summed E-state index contributed by atoms with van der Waals surface area (Å²) in [6.07, 6.45) is 4.15. The summed E-state index contributed by atoms with van der Waals surface area (Å²) >= 11 is 0. The van der Waals surface area contributed by atoms with Crippen LogP contribution < -0.4 is 5.32 Å². The summed E-state index contributed by atoms with van der Waals surface area (Å²) in [7, 11) is 1.94. The zero-order chi connectivity index (χ0) is 7.68. The van der Waals surface area contributed by atoms with Gasteiger partial charge >= 0.3 is 0 Å². The molecule has 11 heavy (non-hydrogen) atoms. The van der Waals surface area contributed by atoms with E-state index in [9.17, 15) is 0 Å². The molecule has 1 aromatic rings. The van der Waals surface area contributed by atoms with Gasteiger partial charge in [0.25, 0.3) is 0 Å². The molecule has 0 unspecified atom stereocenters. The van der Waals surface area contributed by atoms with E-state index in [1.807, 2.05) is 24.0 Å². The highest BCUT2D eigenvalue weighted by Gasteiger charge is 2.07. The van der Waals surface area contributed by atoms with Gasteiger partial charge in [-0.25, -0.2) is 0 Å². The zero-order valence-electron chi connectivity index (χ0n) is 6.54. The second-order valence-corrected chi connectivity index (χ2v) is 2.73. The smallest absolute Gasteiger partial charge is 0.0892 e. The fraction of sp³-hybridized carbons (Fsp3) is 0.375. The molecule has 0 bridgehead atoms. The lowest BCUT2D eigenvalue weighted by Crippen LogP contribution is -2.07. The fourth-order valence-corrected chi connectivity index (χ4v) is 1.26. The summed E-state index contributed by atoms with van der Waals surface area (Å²) in [5, 5.41) is 7.54. The molecule has 3 nitrogen and oxygen atoms in total. The van der Waals surface area contributed by atoms with Crippen LogP contribution >= 0.6 is 0 Å². The van der Waals surface area contributed by atoms with Crippen molar-refractivity contribution in [1.82, 2.24) is 15.1 Å². The van der Waals surface area contributed by atoms with Crippen LogP contribution in [0.1, 0.15) is 5.69 Å². The van der Waals surface area contributed by atoms with E-state index >= 15 is 0 Å². The van der Waals surface area contributed by atoms with Crippen LogP contribution in [0, 0.1) is 0 Å². The predicted octanol–water partition coefficient (Wildman–Crippen LogP) is 0.407. The van der Waals surface area contributed by atoms with E-state index in [1.165, 1.54) is 5.57 Å². The molecule has 2 heterocycles. The van der Waals surface area contributed by atoms with Crippen LogP contribution in [0.2, 0.25) is 0 Å². The Bertz CT molecular complexity index is 285. The molecule has 58 valence electrons. The van der Waals surface area contributed by atoms with Crippen molar-refractivity contribution in [1.29, 1.82) is 0 Å². The van der Waals surface area contributed by atoms with E-state index in [0.29, 0.717) is 0 Å². The van der Waals surface area contributed by atoms with Gasteiger partial charge in [0.2, 0.25) is 0 Å². The number of nitrogens with one attached hydrogen (secondary N) is 1. The van der Waals surface area contributed by atoms with Crippen molar-refractivity contribution in [2.45, 2.75) is 0 Å². The first-order chi connectivity index (χ1) is 5.36. The number of aromatic nitrogens is 2. The van der Waals surface area contributed by atoms with Crippen molar-refractivity contribution in [3.05, 3.63) is 24.0 Å². The van der Waals surface area contributed by atoms with E-state index in [0.717, 1.165) is 18.8 Å². The quantitative estimate of drug-likeness (QED) is 0.626. The fourth-order valence-electron chi connectivity index (χ4n) is 1.26. The van der Waals surface area contributed by atoms with E-state index in [1.54, 1.807) is 0 Å². The number of aryl methyl sites for hydroxylation is 1. The second-order valence-electron chi connectivity index (χ2n) is 2.73. The largest absolute Gasteiger partial charge is 0.309 e. The molecule has 1 aromatic heterocycles. The number of nitrogens with zero attached hydrogens (tertiary/aromatic N) is 2. The third-order valence-corrected chi connectivity index (χ3v) is 1.85. The molecule has 0 radical (unpaired) electrons. The Morgan fingerprint density at radius 3 is 3.09 bits per heavy atom. The number of hydrogen-bond donors (Lipinski definition) is 1. The SMILES string of the molecule is Cn1ccc(C2=CCNC2)n1. The van der Waals surface area contributed by atoms with Gasteiger partial charge in [-0.1, -0.05) is 6.08 Å². The van der Waals surface area contributed by atoms with Gasteiger partial charge in [0.15, 0.2) is 0 Å². The molecule has 0 amide bonds. The van der Waals surface area contributed by atoms with Gasteiger partial charge in [0.05, 0.1) is 5.69 Å². The molecule has 1 aliphatic heterocycles. The van der Waals surface area contributed by atoms with Crippen LogP contribution in [-0.2, 0) is 7.05 Å². The molecule has 0 saturated carbocycles. The van der Waals surface area contributed by atoms with Gasteiger partial charge in [0.1, 0.15) is 0 Å². The maximum absolute atomic E-state index is 4.30. The standard InChI is InChI=1S/C8H11N3/c1-11-5-3-8(10-11)7-2-4-9-6-7/h2-3,5,9H,4,6H2,1H3. The third kappa shape index (κ3) is 1.19. The van der Waals surface area contributed by atoms with E-state index in [-0.39, 0.29) is 0 Å². The first-order valence-electron chi connectivity index (χ1n) is 3.76. The van der Waals surface area contributed by atoms with E-state index in [2.05, 4.69) is 16.5 Å². The van der Waals surface area contributed by atoms with Crippen molar-refractivity contribution >= 4 is 5.57 Å². The van der Waals surface area contributed by atoms with Crippen molar-refractivity contribution in [3.8, 4) is 0 Å². The third-order valence-electron chi connectivity index (χ3n) is 1.85. The lowest BCUT2D eigenvalue weighted by molar-refractivity contribution is 0.762. The molecular weight excluding hydrogens is 138 g/mol. The predicted molar refractivity (Wildman–Crippen MR) is 44.1 cm³/mol. The summed E-state index contributed by atoms with van der Waals surface area (Å²) in [5.74, 6) is 0. The summed E-state index contributed by atoms with van der Waals surface area (Å²) in [6, 6.07) is 2.04. The summed E-state index contributed by atoms with van der Waals surface area (Å²) in [6.45, 7) is 1.93. The number of hydrogen-bond acceptors (Lipinski definition) is 2. The van der Waals surface area contributed by atoms with Gasteiger partial charge < -0.3 is 5.32 Å². The van der Waals surface area contributed by atoms with E-state index in [4.69, 9.17) is 0 Å². The molecule has 0 atom stereocenters. The van der Waals surface area contributed by atoms with Crippen LogP contribution in [0.5, 0.6) is 0 Å². The average Bonchev–Trinajstić information content (AvgIpc) is 2.55. The lowest BCUT2D eigenvalue weighted by Gasteiger charge is -1.93. The Hall–Kier alpha value is -1.09. The van der Waals surface area contributed by atoms with Gasteiger partial charge in [-0.2, -0.15) is 5.10 Å². The van der Waals surface area contributed by atoms with Crippen molar-refractivity contribution in [3.63, 3.8) is 0 Å². The van der Waals surface area contributed by atoms with Crippen LogP contribution in [0.15, 0.2) is 18.3 Å². The minimum atomic E-state index is 0.955. The Balaban J connectivity index is 2.28. The Morgan fingerprint density at radius 2 is 2.55 bits per heavy atom. The normalized spacial score (nSPS) is 17.0. The van der Waals surface area contributed by atoms with Crippen molar-refractivity contribution in [2.75, 3.05) is 13.1 Å². The Kier molecular flexibility index (Phi) is 1.51. The number of rotatable bonds is 1.